The normalized spacial score (nSPS) is 15.9. The van der Waals surface area contributed by atoms with E-state index >= 15 is 0 Å². The molecule has 1 fully saturated rings. The summed E-state index contributed by atoms with van der Waals surface area (Å²) in [6.45, 7) is 5.63. The van der Waals surface area contributed by atoms with Gasteiger partial charge in [0, 0.05) is 49.4 Å². The molecular formula is C23H27N8O2+. The largest absolute Gasteiger partial charge is 0.379 e. The van der Waals surface area contributed by atoms with Crippen LogP contribution in [-0.2, 0) is 4.74 Å². The van der Waals surface area contributed by atoms with Crippen LogP contribution in [0, 0.1) is 0 Å². The molecule has 4 aromatic rings. The summed E-state index contributed by atoms with van der Waals surface area (Å²) in [7, 11) is 1.60. The molecule has 1 saturated heterocycles. The molecule has 5 heterocycles. The first kappa shape index (κ1) is 21.1. The third-order valence-electron chi connectivity index (χ3n) is 5.80. The Hall–Kier alpha value is -3.79. The molecule has 0 unspecified atom stereocenters. The van der Waals surface area contributed by atoms with E-state index in [1.807, 2.05) is 23.1 Å². The van der Waals surface area contributed by atoms with Crippen molar-refractivity contribution in [2.24, 2.45) is 0 Å². The summed E-state index contributed by atoms with van der Waals surface area (Å²) >= 11 is 0. The number of nitrogens with zero attached hydrogens (tertiary/aromatic N) is 5. The monoisotopic (exact) mass is 447 g/mol. The number of fused-ring (bicyclic) bond motifs is 1. The van der Waals surface area contributed by atoms with Crippen LogP contribution in [0.5, 0.6) is 0 Å². The van der Waals surface area contributed by atoms with E-state index in [1.54, 1.807) is 36.2 Å². The third-order valence-corrected chi connectivity index (χ3v) is 5.80. The molecule has 10 nitrogen and oxygen atoms in total. The molecule has 1 aliphatic heterocycles. The Kier molecular flexibility index (Phi) is 5.51. The van der Waals surface area contributed by atoms with E-state index in [4.69, 9.17) is 9.72 Å². The number of amides is 1. The van der Waals surface area contributed by atoms with Gasteiger partial charge < -0.3 is 15.4 Å². The number of aromatic amines is 1. The van der Waals surface area contributed by atoms with Crippen LogP contribution in [0.2, 0.25) is 0 Å². The summed E-state index contributed by atoms with van der Waals surface area (Å²) in [6, 6.07) is 4.34. The predicted molar refractivity (Wildman–Crippen MR) is 123 cm³/mol. The van der Waals surface area contributed by atoms with Crippen LogP contribution in [0.15, 0.2) is 43.1 Å². The quantitative estimate of drug-likeness (QED) is 0.391. The van der Waals surface area contributed by atoms with Gasteiger partial charge in [-0.15, -0.1) is 4.68 Å². The van der Waals surface area contributed by atoms with Crippen molar-refractivity contribution in [3.63, 3.8) is 0 Å². The van der Waals surface area contributed by atoms with Crippen molar-refractivity contribution in [3.05, 3.63) is 48.7 Å². The first-order valence-corrected chi connectivity index (χ1v) is 11.0. The zero-order valence-electron chi connectivity index (χ0n) is 18.9. The summed E-state index contributed by atoms with van der Waals surface area (Å²) in [5.74, 6) is 0.567. The molecule has 1 aliphatic rings. The number of hydrogen-bond donors (Lipinski definition) is 3. The van der Waals surface area contributed by atoms with Crippen molar-refractivity contribution in [3.8, 4) is 22.4 Å². The first-order chi connectivity index (χ1) is 16.0. The number of pyridine rings is 1. The minimum absolute atomic E-state index is 0.190. The maximum atomic E-state index is 12.1. The van der Waals surface area contributed by atoms with E-state index in [1.165, 1.54) is 0 Å². The molecule has 0 aliphatic carbocycles. The van der Waals surface area contributed by atoms with Crippen molar-refractivity contribution in [1.82, 2.24) is 30.0 Å². The zero-order valence-corrected chi connectivity index (χ0v) is 18.9. The Morgan fingerprint density at radius 3 is 2.91 bits per heavy atom. The summed E-state index contributed by atoms with van der Waals surface area (Å²) in [5, 5.41) is 14.2. The lowest BCUT2D eigenvalue weighted by molar-refractivity contribution is -0.767. The van der Waals surface area contributed by atoms with Crippen LogP contribution in [0.3, 0.4) is 0 Å². The van der Waals surface area contributed by atoms with Gasteiger partial charge in [0.2, 0.25) is 0 Å². The molecule has 1 amide bonds. The van der Waals surface area contributed by atoms with E-state index in [-0.39, 0.29) is 11.9 Å². The second-order valence-corrected chi connectivity index (χ2v) is 8.42. The maximum absolute atomic E-state index is 12.1. The van der Waals surface area contributed by atoms with Gasteiger partial charge >= 0.3 is 0 Å². The molecule has 0 spiro atoms. The molecule has 0 aromatic carbocycles. The number of rotatable bonds is 6. The van der Waals surface area contributed by atoms with Gasteiger partial charge in [0.25, 0.3) is 5.91 Å². The molecule has 0 saturated carbocycles. The number of carbonyl (C=O) groups is 1. The maximum Gasteiger partial charge on any atom is 0.252 e. The Balaban J connectivity index is 1.62. The summed E-state index contributed by atoms with van der Waals surface area (Å²) < 4.78 is 9.36. The lowest BCUT2D eigenvalue weighted by Crippen LogP contribution is -2.37. The molecule has 33 heavy (non-hydrogen) atoms. The van der Waals surface area contributed by atoms with Crippen LogP contribution in [0.4, 0.5) is 5.82 Å². The molecule has 0 bridgehead atoms. The fraction of sp³-hybridized carbons (Fsp3) is 0.348. The minimum atomic E-state index is -0.190. The van der Waals surface area contributed by atoms with Gasteiger partial charge in [0.1, 0.15) is 11.5 Å². The van der Waals surface area contributed by atoms with Crippen LogP contribution in [-0.4, -0.2) is 56.9 Å². The fourth-order valence-corrected chi connectivity index (χ4v) is 3.94. The fourth-order valence-electron chi connectivity index (χ4n) is 3.94. The smallest absolute Gasteiger partial charge is 0.252 e. The molecule has 0 radical (unpaired) electrons. The van der Waals surface area contributed by atoms with Gasteiger partial charge in [-0.25, -0.2) is 9.50 Å². The van der Waals surface area contributed by atoms with Gasteiger partial charge in [-0.1, -0.05) is 0 Å². The van der Waals surface area contributed by atoms with Gasteiger partial charge in [0.05, 0.1) is 30.0 Å². The Bertz CT molecular complexity index is 1300. The zero-order chi connectivity index (χ0) is 22.9. The van der Waals surface area contributed by atoms with Crippen molar-refractivity contribution in [2.75, 3.05) is 25.6 Å². The van der Waals surface area contributed by atoms with E-state index < -0.39 is 0 Å². The van der Waals surface area contributed by atoms with E-state index in [2.05, 4.69) is 39.7 Å². The highest BCUT2D eigenvalue weighted by atomic mass is 16.5. The van der Waals surface area contributed by atoms with Crippen LogP contribution in [0.1, 0.15) is 36.7 Å². The third kappa shape index (κ3) is 4.05. The van der Waals surface area contributed by atoms with Crippen molar-refractivity contribution in [1.29, 1.82) is 0 Å². The molecule has 3 N–H and O–H groups in total. The second kappa shape index (κ2) is 8.62. The van der Waals surface area contributed by atoms with E-state index in [0.29, 0.717) is 23.9 Å². The summed E-state index contributed by atoms with van der Waals surface area (Å²) in [4.78, 5) is 21.3. The van der Waals surface area contributed by atoms with Crippen molar-refractivity contribution in [2.45, 2.75) is 32.4 Å². The van der Waals surface area contributed by atoms with E-state index in [9.17, 15) is 4.79 Å². The molecule has 10 heteroatoms. The highest BCUT2D eigenvalue weighted by Crippen LogP contribution is 2.30. The Morgan fingerprint density at radius 1 is 1.30 bits per heavy atom. The molecule has 1 atom stereocenters. The topological polar surface area (TPSA) is 113 Å². The number of anilines is 1. The van der Waals surface area contributed by atoms with Crippen LogP contribution < -0.4 is 15.3 Å². The van der Waals surface area contributed by atoms with Gasteiger partial charge in [-0.2, -0.15) is 10.2 Å². The SMILES string of the molecule is CNC(=O)c1cncc(-c2cnn3cc(-c4cc[n+](C(C)C)[nH]4)c(N[C@H]4CCOC4)nc23)c1. The Morgan fingerprint density at radius 2 is 2.18 bits per heavy atom. The summed E-state index contributed by atoms with van der Waals surface area (Å²) in [6.07, 6.45) is 9.93. The predicted octanol–water partition coefficient (Wildman–Crippen LogP) is 2.22. The lowest BCUT2D eigenvalue weighted by atomic mass is 10.1. The average molecular weight is 448 g/mol. The highest BCUT2D eigenvalue weighted by Gasteiger charge is 2.22. The molecule has 5 rings (SSSR count). The highest BCUT2D eigenvalue weighted by molar-refractivity contribution is 5.95. The number of ether oxygens (including phenoxy) is 1. The Labute approximate surface area is 191 Å². The number of H-pyrrole nitrogens is 1. The molecule has 170 valence electrons. The summed E-state index contributed by atoms with van der Waals surface area (Å²) in [5.41, 5.74) is 4.60. The minimum Gasteiger partial charge on any atom is -0.379 e. The standard InChI is InChI=1S/C23H26N8O2/c1-14(2)30-6-4-20(29-30)19-12-31-22(28-21(19)27-17-5-7-33-13-17)18(11-26-31)15-8-16(10-25-9-15)23(32)24-3/h4,6,8-12,14,17H,5,7,13H2,1-3H3,(H2,24,26,27,28,32)/p+1/t17-/m0/s1. The molecular weight excluding hydrogens is 420 g/mol. The van der Waals surface area contributed by atoms with Crippen molar-refractivity contribution >= 4 is 17.4 Å². The van der Waals surface area contributed by atoms with Gasteiger partial charge in [-0.3, -0.25) is 9.78 Å². The van der Waals surface area contributed by atoms with Gasteiger partial charge in [0.15, 0.2) is 17.9 Å². The number of aromatic nitrogens is 6. The average Bonchev–Trinajstić information content (AvgIpc) is 3.59. The van der Waals surface area contributed by atoms with Crippen LogP contribution >= 0.6 is 0 Å². The lowest BCUT2D eigenvalue weighted by Gasteiger charge is -2.15. The second-order valence-electron chi connectivity index (χ2n) is 8.42. The number of nitrogens with one attached hydrogen (secondary N) is 3. The van der Waals surface area contributed by atoms with Crippen LogP contribution in [0.25, 0.3) is 28.0 Å². The molecule has 4 aromatic heterocycles. The first-order valence-electron chi connectivity index (χ1n) is 11.0. The number of hydrogen-bond acceptors (Lipinski definition) is 6. The number of carbonyl (C=O) groups excluding carboxylic acids is 1. The van der Waals surface area contributed by atoms with E-state index in [0.717, 1.165) is 41.2 Å². The van der Waals surface area contributed by atoms with Crippen molar-refractivity contribution < 1.29 is 14.2 Å². The van der Waals surface area contributed by atoms with Gasteiger partial charge in [-0.05, 0) is 26.3 Å².